The number of anilines is 1. The number of amides is 1. The predicted octanol–water partition coefficient (Wildman–Crippen LogP) is 2.58. The second kappa shape index (κ2) is 6.47. The molecule has 0 heterocycles. The Morgan fingerprint density at radius 1 is 1.47 bits per heavy atom. The third-order valence-electron chi connectivity index (χ3n) is 2.45. The lowest BCUT2D eigenvalue weighted by Gasteiger charge is -2.16. The third-order valence-corrected chi connectivity index (χ3v) is 2.69. The average Bonchev–Trinajstić information content (AvgIpc) is 2.37. The van der Waals surface area contributed by atoms with E-state index in [1.165, 1.54) is 0 Å². The molecule has 0 radical (unpaired) electrons. The summed E-state index contributed by atoms with van der Waals surface area (Å²) >= 11 is 5.47. The fraction of sp³-hybridized carbons (Fsp3) is 0.417. The number of ether oxygens (including phenoxy) is 2. The monoisotopic (exact) mass is 257 g/mol. The van der Waals surface area contributed by atoms with E-state index in [-0.39, 0.29) is 17.9 Å². The minimum Gasteiger partial charge on any atom is -0.497 e. The van der Waals surface area contributed by atoms with Gasteiger partial charge in [0.1, 0.15) is 11.6 Å². The van der Waals surface area contributed by atoms with Crippen molar-refractivity contribution in [2.75, 3.05) is 25.4 Å². The minimum absolute atomic E-state index is 0.0853. The van der Waals surface area contributed by atoms with Crippen molar-refractivity contribution in [3.05, 3.63) is 23.8 Å². The third kappa shape index (κ3) is 3.61. The largest absolute Gasteiger partial charge is 0.497 e. The van der Waals surface area contributed by atoms with Crippen molar-refractivity contribution in [1.29, 1.82) is 0 Å². The van der Waals surface area contributed by atoms with Crippen molar-refractivity contribution in [3.8, 4) is 5.75 Å². The Morgan fingerprint density at radius 2 is 2.18 bits per heavy atom. The molecule has 0 aliphatic rings. The van der Waals surface area contributed by atoms with Crippen LogP contribution in [-0.4, -0.2) is 26.0 Å². The standard InChI is InChI=1S/C12H16ClNO3/c1-8(16-2)10-5-4-9(17-3)6-11(10)14-12(15)7-13/h4-6,8H,7H2,1-3H3,(H,14,15). The van der Waals surface area contributed by atoms with Gasteiger partial charge in [-0.2, -0.15) is 0 Å². The number of benzene rings is 1. The highest BCUT2D eigenvalue weighted by atomic mass is 35.5. The molecule has 0 spiro atoms. The van der Waals surface area contributed by atoms with E-state index in [2.05, 4.69) is 5.32 Å². The molecular weight excluding hydrogens is 242 g/mol. The average molecular weight is 258 g/mol. The summed E-state index contributed by atoms with van der Waals surface area (Å²) in [6.07, 6.45) is -0.119. The van der Waals surface area contributed by atoms with Gasteiger partial charge >= 0.3 is 0 Å². The van der Waals surface area contributed by atoms with E-state index < -0.39 is 0 Å². The first-order valence-electron chi connectivity index (χ1n) is 5.19. The zero-order valence-electron chi connectivity index (χ0n) is 10.1. The normalized spacial score (nSPS) is 12.0. The van der Waals surface area contributed by atoms with Crippen LogP contribution in [0.25, 0.3) is 0 Å². The molecule has 1 amide bonds. The Labute approximate surface area is 106 Å². The van der Waals surface area contributed by atoms with Gasteiger partial charge in [0.05, 0.1) is 18.9 Å². The second-order valence-corrected chi connectivity index (χ2v) is 3.78. The molecule has 1 aromatic rings. The zero-order chi connectivity index (χ0) is 12.8. The van der Waals surface area contributed by atoms with Crippen LogP contribution in [0.1, 0.15) is 18.6 Å². The Kier molecular flexibility index (Phi) is 5.25. The summed E-state index contributed by atoms with van der Waals surface area (Å²) in [5.41, 5.74) is 1.54. The van der Waals surface area contributed by atoms with E-state index in [9.17, 15) is 4.79 Å². The van der Waals surface area contributed by atoms with Gasteiger partial charge in [-0.05, 0) is 13.0 Å². The summed E-state index contributed by atoms with van der Waals surface area (Å²) in [6.45, 7) is 1.90. The number of rotatable bonds is 5. The first-order valence-corrected chi connectivity index (χ1v) is 5.72. The van der Waals surface area contributed by atoms with Crippen molar-refractivity contribution in [1.82, 2.24) is 0 Å². The SMILES string of the molecule is COc1ccc(C(C)OC)c(NC(=O)CCl)c1. The molecular formula is C12H16ClNO3. The van der Waals surface area contributed by atoms with Gasteiger partial charge in [-0.1, -0.05) is 6.07 Å². The lowest BCUT2D eigenvalue weighted by molar-refractivity contribution is -0.113. The summed E-state index contributed by atoms with van der Waals surface area (Å²) in [6, 6.07) is 5.42. The molecule has 0 bridgehead atoms. The van der Waals surface area contributed by atoms with Crippen molar-refractivity contribution < 1.29 is 14.3 Å². The molecule has 0 aliphatic heterocycles. The lowest BCUT2D eigenvalue weighted by Crippen LogP contribution is -2.15. The van der Waals surface area contributed by atoms with E-state index in [0.29, 0.717) is 11.4 Å². The molecule has 5 heteroatoms. The van der Waals surface area contributed by atoms with E-state index in [0.717, 1.165) is 5.56 Å². The van der Waals surface area contributed by atoms with Gasteiger partial charge in [-0.3, -0.25) is 4.79 Å². The van der Waals surface area contributed by atoms with Crippen LogP contribution < -0.4 is 10.1 Å². The fourth-order valence-electron chi connectivity index (χ4n) is 1.44. The summed E-state index contributed by atoms with van der Waals surface area (Å²) in [7, 11) is 3.18. The van der Waals surface area contributed by atoms with Gasteiger partial charge in [0, 0.05) is 18.7 Å². The Bertz CT molecular complexity index is 395. The fourth-order valence-corrected chi connectivity index (χ4v) is 1.50. The smallest absolute Gasteiger partial charge is 0.239 e. The number of hydrogen-bond donors (Lipinski definition) is 1. The van der Waals surface area contributed by atoms with E-state index in [1.807, 2.05) is 19.1 Å². The first-order chi connectivity index (χ1) is 8.12. The second-order valence-electron chi connectivity index (χ2n) is 3.51. The summed E-state index contributed by atoms with van der Waals surface area (Å²) in [4.78, 5) is 11.3. The van der Waals surface area contributed by atoms with Crippen molar-refractivity contribution in [2.45, 2.75) is 13.0 Å². The van der Waals surface area contributed by atoms with E-state index in [1.54, 1.807) is 20.3 Å². The maximum absolute atomic E-state index is 11.3. The molecule has 0 aromatic heterocycles. The van der Waals surface area contributed by atoms with Gasteiger partial charge in [-0.15, -0.1) is 11.6 Å². The molecule has 1 atom stereocenters. The number of halogens is 1. The van der Waals surface area contributed by atoms with Crippen molar-refractivity contribution in [3.63, 3.8) is 0 Å². The molecule has 94 valence electrons. The molecule has 0 fully saturated rings. The molecule has 0 saturated carbocycles. The molecule has 0 aliphatic carbocycles. The summed E-state index contributed by atoms with van der Waals surface area (Å²) in [5, 5.41) is 2.72. The molecule has 1 N–H and O–H groups in total. The molecule has 1 rings (SSSR count). The molecule has 17 heavy (non-hydrogen) atoms. The van der Waals surface area contributed by atoms with Crippen LogP contribution in [0.15, 0.2) is 18.2 Å². The maximum Gasteiger partial charge on any atom is 0.239 e. The molecule has 1 unspecified atom stereocenters. The van der Waals surface area contributed by atoms with Crippen LogP contribution >= 0.6 is 11.6 Å². The summed E-state index contributed by atoms with van der Waals surface area (Å²) < 4.78 is 10.4. The summed E-state index contributed by atoms with van der Waals surface area (Å²) in [5.74, 6) is 0.323. The molecule has 1 aromatic carbocycles. The number of nitrogens with one attached hydrogen (secondary N) is 1. The van der Waals surface area contributed by atoms with Gasteiger partial charge in [0.25, 0.3) is 0 Å². The lowest BCUT2D eigenvalue weighted by atomic mass is 10.1. The number of carbonyl (C=O) groups excluding carboxylic acids is 1. The minimum atomic E-state index is -0.260. The highest BCUT2D eigenvalue weighted by molar-refractivity contribution is 6.29. The van der Waals surface area contributed by atoms with E-state index in [4.69, 9.17) is 21.1 Å². The Balaban J connectivity index is 3.06. The number of alkyl halides is 1. The van der Waals surface area contributed by atoms with Gasteiger partial charge in [-0.25, -0.2) is 0 Å². The highest BCUT2D eigenvalue weighted by Crippen LogP contribution is 2.29. The van der Waals surface area contributed by atoms with Crippen LogP contribution in [0.5, 0.6) is 5.75 Å². The quantitative estimate of drug-likeness (QED) is 0.825. The maximum atomic E-state index is 11.3. The van der Waals surface area contributed by atoms with Crippen LogP contribution in [0.4, 0.5) is 5.69 Å². The molecule has 4 nitrogen and oxygen atoms in total. The topological polar surface area (TPSA) is 47.6 Å². The number of methoxy groups -OCH3 is 2. The number of carbonyl (C=O) groups is 1. The number of hydrogen-bond acceptors (Lipinski definition) is 3. The van der Waals surface area contributed by atoms with Crippen LogP contribution in [0, 0.1) is 0 Å². The van der Waals surface area contributed by atoms with Crippen LogP contribution in [-0.2, 0) is 9.53 Å². The first kappa shape index (κ1) is 13.8. The van der Waals surface area contributed by atoms with Crippen molar-refractivity contribution in [2.24, 2.45) is 0 Å². The van der Waals surface area contributed by atoms with Gasteiger partial charge in [0.15, 0.2) is 0 Å². The molecule has 0 saturated heterocycles. The van der Waals surface area contributed by atoms with Crippen molar-refractivity contribution >= 4 is 23.2 Å². The van der Waals surface area contributed by atoms with E-state index >= 15 is 0 Å². The zero-order valence-corrected chi connectivity index (χ0v) is 10.9. The Morgan fingerprint density at radius 3 is 2.71 bits per heavy atom. The van der Waals surface area contributed by atoms with Gasteiger partial charge < -0.3 is 14.8 Å². The van der Waals surface area contributed by atoms with Crippen LogP contribution in [0.3, 0.4) is 0 Å². The highest BCUT2D eigenvalue weighted by Gasteiger charge is 2.12. The van der Waals surface area contributed by atoms with Crippen LogP contribution in [0.2, 0.25) is 0 Å². The van der Waals surface area contributed by atoms with Gasteiger partial charge in [0.2, 0.25) is 5.91 Å². The Hall–Kier alpha value is -1.26. The predicted molar refractivity (Wildman–Crippen MR) is 67.8 cm³/mol.